The van der Waals surface area contributed by atoms with Crippen molar-refractivity contribution in [2.75, 3.05) is 12.4 Å². The van der Waals surface area contributed by atoms with Crippen LogP contribution in [0.25, 0.3) is 0 Å². The minimum atomic E-state index is 0.401. The summed E-state index contributed by atoms with van der Waals surface area (Å²) in [6.45, 7) is 0. The number of nitrogens with one attached hydrogen (secondary N) is 1. The first kappa shape index (κ1) is 10.4. The summed E-state index contributed by atoms with van der Waals surface area (Å²) in [6, 6.07) is 2.38. The minimum Gasteiger partial charge on any atom is -0.381 e. The monoisotopic (exact) mass is 207 g/mol. The molecule has 1 saturated carbocycles. The Morgan fingerprint density at radius 3 is 3.13 bits per heavy atom. The third-order valence-electron chi connectivity index (χ3n) is 2.89. The van der Waals surface area contributed by atoms with Gasteiger partial charge in [0.25, 0.3) is 0 Å². The van der Waals surface area contributed by atoms with Gasteiger partial charge in [0.1, 0.15) is 12.1 Å². The second-order valence-electron chi connectivity index (χ2n) is 3.96. The molecular formula is C11H17N3O. The molecule has 82 valence electrons. The zero-order valence-electron chi connectivity index (χ0n) is 9.02. The van der Waals surface area contributed by atoms with Gasteiger partial charge in [0.15, 0.2) is 0 Å². The number of hydrogen-bond acceptors (Lipinski definition) is 4. The van der Waals surface area contributed by atoms with E-state index in [1.807, 2.05) is 6.07 Å². The van der Waals surface area contributed by atoms with Crippen molar-refractivity contribution in [1.29, 1.82) is 0 Å². The van der Waals surface area contributed by atoms with E-state index in [2.05, 4.69) is 15.3 Å². The fraction of sp³-hybridized carbons (Fsp3) is 0.636. The van der Waals surface area contributed by atoms with Crippen LogP contribution in [0.4, 0.5) is 5.82 Å². The molecule has 0 aliphatic heterocycles. The third kappa shape index (κ3) is 2.89. The van der Waals surface area contributed by atoms with Gasteiger partial charge in [-0.2, -0.15) is 0 Å². The predicted molar refractivity (Wildman–Crippen MR) is 58.7 cm³/mol. The van der Waals surface area contributed by atoms with Crippen molar-refractivity contribution < 1.29 is 4.74 Å². The zero-order valence-corrected chi connectivity index (χ0v) is 9.02. The van der Waals surface area contributed by atoms with E-state index in [1.165, 1.54) is 19.3 Å². The Morgan fingerprint density at radius 2 is 2.40 bits per heavy atom. The van der Waals surface area contributed by atoms with Crippen LogP contribution >= 0.6 is 0 Å². The number of methoxy groups -OCH3 is 1. The van der Waals surface area contributed by atoms with Gasteiger partial charge in [-0.05, 0) is 31.7 Å². The lowest BCUT2D eigenvalue weighted by Crippen LogP contribution is -2.31. The van der Waals surface area contributed by atoms with Gasteiger partial charge in [-0.25, -0.2) is 9.97 Å². The largest absolute Gasteiger partial charge is 0.381 e. The molecule has 0 spiro atoms. The van der Waals surface area contributed by atoms with Gasteiger partial charge in [-0.3, -0.25) is 0 Å². The second-order valence-corrected chi connectivity index (χ2v) is 3.96. The van der Waals surface area contributed by atoms with Gasteiger partial charge in [0.2, 0.25) is 0 Å². The van der Waals surface area contributed by atoms with Crippen molar-refractivity contribution in [1.82, 2.24) is 9.97 Å². The summed E-state index contributed by atoms with van der Waals surface area (Å²) in [5, 5.41) is 3.41. The Morgan fingerprint density at radius 1 is 1.47 bits per heavy atom. The van der Waals surface area contributed by atoms with E-state index in [0.29, 0.717) is 12.1 Å². The van der Waals surface area contributed by atoms with Crippen LogP contribution in [-0.2, 0) is 4.74 Å². The maximum Gasteiger partial charge on any atom is 0.129 e. The van der Waals surface area contributed by atoms with Crippen LogP contribution in [0.5, 0.6) is 0 Å². The number of hydrogen-bond donors (Lipinski definition) is 1. The molecule has 0 bridgehead atoms. The molecule has 4 heteroatoms. The van der Waals surface area contributed by atoms with E-state index in [0.717, 1.165) is 12.2 Å². The first-order valence-electron chi connectivity index (χ1n) is 5.44. The summed E-state index contributed by atoms with van der Waals surface area (Å²) >= 11 is 0. The van der Waals surface area contributed by atoms with Crippen molar-refractivity contribution in [2.45, 2.75) is 37.8 Å². The first-order valence-corrected chi connectivity index (χ1v) is 5.44. The Bertz CT molecular complexity index is 291. The van der Waals surface area contributed by atoms with E-state index < -0.39 is 0 Å². The first-order chi connectivity index (χ1) is 7.38. The fourth-order valence-corrected chi connectivity index (χ4v) is 2.08. The number of anilines is 1. The predicted octanol–water partition coefficient (Wildman–Crippen LogP) is 1.85. The molecule has 2 rings (SSSR count). The van der Waals surface area contributed by atoms with Gasteiger partial charge < -0.3 is 10.1 Å². The molecule has 0 radical (unpaired) electrons. The average Bonchev–Trinajstić information content (AvgIpc) is 2.31. The molecule has 1 aromatic rings. The van der Waals surface area contributed by atoms with E-state index >= 15 is 0 Å². The number of ether oxygens (including phenoxy) is 1. The molecule has 1 aliphatic carbocycles. The number of nitrogens with zero attached hydrogens (tertiary/aromatic N) is 2. The van der Waals surface area contributed by atoms with E-state index in [4.69, 9.17) is 4.74 Å². The van der Waals surface area contributed by atoms with Crippen LogP contribution in [0.15, 0.2) is 18.6 Å². The highest BCUT2D eigenvalue weighted by Crippen LogP contribution is 2.22. The quantitative estimate of drug-likeness (QED) is 0.821. The molecule has 0 amide bonds. The van der Waals surface area contributed by atoms with Crippen LogP contribution < -0.4 is 5.32 Å². The second kappa shape index (κ2) is 5.07. The molecule has 1 aromatic heterocycles. The van der Waals surface area contributed by atoms with Crippen LogP contribution in [-0.4, -0.2) is 29.2 Å². The van der Waals surface area contributed by atoms with Crippen LogP contribution in [0.2, 0.25) is 0 Å². The smallest absolute Gasteiger partial charge is 0.129 e. The lowest BCUT2D eigenvalue weighted by molar-refractivity contribution is 0.0669. The summed E-state index contributed by atoms with van der Waals surface area (Å²) in [6.07, 6.45) is 8.40. The molecule has 1 heterocycles. The minimum absolute atomic E-state index is 0.401. The summed E-state index contributed by atoms with van der Waals surface area (Å²) < 4.78 is 5.39. The Kier molecular flexibility index (Phi) is 3.50. The SMILES string of the molecule is CO[C@H]1CCC[C@H](Nc2ccncn2)C1. The molecule has 15 heavy (non-hydrogen) atoms. The van der Waals surface area contributed by atoms with E-state index in [9.17, 15) is 0 Å². The highest BCUT2D eigenvalue weighted by molar-refractivity contribution is 5.33. The molecule has 4 nitrogen and oxygen atoms in total. The lowest BCUT2D eigenvalue weighted by atomic mass is 9.93. The number of rotatable bonds is 3. The Hall–Kier alpha value is -1.16. The van der Waals surface area contributed by atoms with Gasteiger partial charge in [0, 0.05) is 19.3 Å². The molecule has 0 aromatic carbocycles. The van der Waals surface area contributed by atoms with E-state index in [-0.39, 0.29) is 0 Å². The van der Waals surface area contributed by atoms with Crippen LogP contribution in [0.1, 0.15) is 25.7 Å². The highest BCUT2D eigenvalue weighted by atomic mass is 16.5. The molecule has 1 N–H and O–H groups in total. The van der Waals surface area contributed by atoms with Crippen molar-refractivity contribution in [3.05, 3.63) is 18.6 Å². The molecule has 2 atom stereocenters. The van der Waals surface area contributed by atoms with Crippen molar-refractivity contribution >= 4 is 5.82 Å². The Balaban J connectivity index is 1.89. The standard InChI is InChI=1S/C11H17N3O/c1-15-10-4-2-3-9(7-10)14-11-5-6-12-8-13-11/h5-6,8-10H,2-4,7H2,1H3,(H,12,13,14)/t9-,10-/m0/s1. The maximum atomic E-state index is 5.39. The molecule has 1 fully saturated rings. The Labute approximate surface area is 90.1 Å². The molecule has 1 aliphatic rings. The summed E-state index contributed by atoms with van der Waals surface area (Å²) in [4.78, 5) is 8.05. The van der Waals surface area contributed by atoms with Crippen molar-refractivity contribution in [3.8, 4) is 0 Å². The summed E-state index contributed by atoms with van der Waals surface area (Å²) in [7, 11) is 1.79. The molecule has 0 saturated heterocycles. The van der Waals surface area contributed by atoms with Crippen molar-refractivity contribution in [2.24, 2.45) is 0 Å². The number of aromatic nitrogens is 2. The third-order valence-corrected chi connectivity index (χ3v) is 2.89. The van der Waals surface area contributed by atoms with Crippen LogP contribution in [0.3, 0.4) is 0 Å². The lowest BCUT2D eigenvalue weighted by Gasteiger charge is -2.29. The van der Waals surface area contributed by atoms with Gasteiger partial charge in [0.05, 0.1) is 6.10 Å². The zero-order chi connectivity index (χ0) is 10.5. The fourth-order valence-electron chi connectivity index (χ4n) is 2.08. The summed E-state index contributed by atoms with van der Waals surface area (Å²) in [5.41, 5.74) is 0. The van der Waals surface area contributed by atoms with Crippen molar-refractivity contribution in [3.63, 3.8) is 0 Å². The highest BCUT2D eigenvalue weighted by Gasteiger charge is 2.21. The maximum absolute atomic E-state index is 5.39. The average molecular weight is 207 g/mol. The molecular weight excluding hydrogens is 190 g/mol. The van der Waals surface area contributed by atoms with E-state index in [1.54, 1.807) is 19.6 Å². The van der Waals surface area contributed by atoms with Gasteiger partial charge in [-0.15, -0.1) is 0 Å². The van der Waals surface area contributed by atoms with Gasteiger partial charge >= 0.3 is 0 Å². The normalized spacial score (nSPS) is 26.2. The molecule has 0 unspecified atom stereocenters. The summed E-state index contributed by atoms with van der Waals surface area (Å²) in [5.74, 6) is 0.909. The van der Waals surface area contributed by atoms with Gasteiger partial charge in [-0.1, -0.05) is 0 Å². The topological polar surface area (TPSA) is 47.0 Å². The van der Waals surface area contributed by atoms with Crippen LogP contribution in [0, 0.1) is 0 Å².